The number of unbranched alkanes of at least 4 members (excludes halogenated alkanes) is 9. The lowest BCUT2D eigenvalue weighted by atomic mass is 9.97. The van der Waals surface area contributed by atoms with Crippen molar-refractivity contribution in [1.82, 2.24) is 84.7 Å². The van der Waals surface area contributed by atoms with Gasteiger partial charge in [-0.1, -0.05) is 171 Å². The molecular formula is C97H166N22O16. The molecule has 2 aromatic carbocycles. The molecule has 0 aliphatic carbocycles. The zero-order chi connectivity index (χ0) is 101. The standard InChI is InChI=1S/C97H166N22O16/c1-15-17-18-19-23-45-79(120)107-69(40-26-31-46-98)86(124)115-78(55-66-56-104-68-39-25-24-38-67(66)68)94(132)110-71(42-28-33-48-100)88(126)113-75(52-59(5)6)92(130)114-77(54-65-36-21-20-22-37-65)93(131)109-70(41-27-32-47-99)87(125)108-73(44-30-35-50-102)90(128)119-83(63(13)16-2)95(133)105-57-80(121)106-64(14)85(123)117-81(61(9)10)97(135)116-76(53-60(7)8)91(129)111-72(43-29-34-49-101)89(127)118-82(62(11)12)96(134)112-74(84(103)122)51-58(3)4/h20-22,24-25,36-39,56,58-64,69-78,81-83,104H,15-19,23,26-35,40-55,57,98-102H2,1-14H3,(H2,103,122)(H,105,133)(H,106,121)(H,107,120)(H,108,125)(H,109,131)(H,110,132)(H,111,129)(H,112,134)(H,113,126)(H,114,130)(H,115,124)(H,116,135)(H,117,123)(H,118,127)(H,119,128)/t63-,64-,69-,70-,71-,72-,73-,74-,75-,76-,77-,78-,81-,82-,83-/m0/s1. The second kappa shape index (κ2) is 65.1. The number of aromatic nitrogens is 1. The first-order valence-corrected chi connectivity index (χ1v) is 49.1. The van der Waals surface area contributed by atoms with Gasteiger partial charge in [0.15, 0.2) is 0 Å². The minimum absolute atomic E-state index is 0.00128. The zero-order valence-corrected chi connectivity index (χ0v) is 82.7. The topological polar surface area (TPSA) is 625 Å². The van der Waals surface area contributed by atoms with Gasteiger partial charge in [-0.15, -0.1) is 0 Å². The molecule has 0 fully saturated rings. The van der Waals surface area contributed by atoms with Crippen LogP contribution in [0.25, 0.3) is 10.9 Å². The van der Waals surface area contributed by atoms with Crippen molar-refractivity contribution in [3.63, 3.8) is 0 Å². The van der Waals surface area contributed by atoms with Gasteiger partial charge in [0.1, 0.15) is 84.6 Å². The van der Waals surface area contributed by atoms with Crippen LogP contribution in [-0.2, 0) is 89.6 Å². The molecule has 0 radical (unpaired) electrons. The Morgan fingerprint density at radius 1 is 0.319 bits per heavy atom. The minimum atomic E-state index is -1.41. The number of hydrogen-bond acceptors (Lipinski definition) is 21. The highest BCUT2D eigenvalue weighted by atomic mass is 16.2. The van der Waals surface area contributed by atoms with Crippen LogP contribution >= 0.6 is 0 Å². The molecule has 0 aliphatic rings. The quantitative estimate of drug-likeness (QED) is 0.0361. The maximum absolute atomic E-state index is 15.1. The molecule has 0 aliphatic heterocycles. The van der Waals surface area contributed by atoms with Crippen molar-refractivity contribution in [3.05, 3.63) is 71.9 Å². The highest BCUT2D eigenvalue weighted by Crippen LogP contribution is 2.22. The van der Waals surface area contributed by atoms with E-state index >= 15 is 19.2 Å². The number of nitrogens with one attached hydrogen (secondary N) is 16. The van der Waals surface area contributed by atoms with Crippen LogP contribution in [0.1, 0.15) is 269 Å². The zero-order valence-electron chi connectivity index (χ0n) is 82.7. The molecule has 38 heteroatoms. The molecule has 15 atom stereocenters. The van der Waals surface area contributed by atoms with Crippen LogP contribution in [0.2, 0.25) is 0 Å². The molecule has 135 heavy (non-hydrogen) atoms. The van der Waals surface area contributed by atoms with E-state index in [2.05, 4.69) is 91.7 Å². The molecule has 16 amide bonds. The first kappa shape index (κ1) is 118. The van der Waals surface area contributed by atoms with Crippen molar-refractivity contribution >= 4 is 105 Å². The fraction of sp³-hybridized carbons (Fsp3) is 0.691. The van der Waals surface area contributed by atoms with Gasteiger partial charge in [0.2, 0.25) is 94.5 Å². The third-order valence-electron chi connectivity index (χ3n) is 23.6. The van der Waals surface area contributed by atoms with E-state index in [1.165, 1.54) is 6.92 Å². The van der Waals surface area contributed by atoms with Crippen molar-refractivity contribution in [3.8, 4) is 0 Å². The van der Waals surface area contributed by atoms with Crippen LogP contribution in [0.3, 0.4) is 0 Å². The summed E-state index contributed by atoms with van der Waals surface area (Å²) in [7, 11) is 0. The maximum atomic E-state index is 15.1. The Bertz CT molecular complexity index is 4170. The monoisotopic (exact) mass is 1900 g/mol. The van der Waals surface area contributed by atoms with Crippen molar-refractivity contribution in [2.24, 2.45) is 69.9 Å². The van der Waals surface area contributed by atoms with E-state index in [0.29, 0.717) is 94.7 Å². The van der Waals surface area contributed by atoms with Gasteiger partial charge in [0.05, 0.1) is 6.54 Å². The van der Waals surface area contributed by atoms with Crippen molar-refractivity contribution in [2.75, 3.05) is 39.3 Å². The second-order valence-corrected chi connectivity index (χ2v) is 37.6. The second-order valence-electron chi connectivity index (χ2n) is 37.6. The molecule has 1 aromatic heterocycles. The Hall–Kier alpha value is -10.7. The van der Waals surface area contributed by atoms with Gasteiger partial charge in [-0.2, -0.15) is 0 Å². The summed E-state index contributed by atoms with van der Waals surface area (Å²) >= 11 is 0. The first-order chi connectivity index (χ1) is 64.2. The van der Waals surface area contributed by atoms with E-state index in [1.807, 2.05) is 65.8 Å². The summed E-state index contributed by atoms with van der Waals surface area (Å²) in [5, 5.41) is 42.4. The number of rotatable bonds is 70. The molecule has 28 N–H and O–H groups in total. The minimum Gasteiger partial charge on any atom is -0.368 e. The molecule has 38 nitrogen and oxygen atoms in total. The Kier molecular flexibility index (Phi) is 57.1. The molecule has 0 spiro atoms. The lowest BCUT2D eigenvalue weighted by Crippen LogP contribution is -2.61. The highest BCUT2D eigenvalue weighted by molar-refractivity contribution is 6.01. The van der Waals surface area contributed by atoms with Crippen LogP contribution < -0.4 is 114 Å². The highest BCUT2D eigenvalue weighted by Gasteiger charge is 2.40. The molecule has 760 valence electrons. The SMILES string of the molecule is CCCCCCCC(=O)N[C@@H](CCCCN)C(=O)N[C@@H](Cc1c[nH]c2ccccc12)C(=O)N[C@@H](CCCCN)C(=O)N[C@@H](CC(C)C)C(=O)N[C@@H](Cc1ccccc1)C(=O)N[C@@H](CCCCN)C(=O)N[C@@H](CCCCN)C(=O)N[C@H](C(=O)NCC(=O)N[C@@H](C)C(=O)N[C@H](C(=O)N[C@@H](CC(C)C)C(=O)N[C@@H](CCCCN)C(=O)N[C@H](C(=O)N[C@@H](CC(C)C)C(N)=O)C(C)C)C(C)C)[C@@H](C)CC. The van der Waals surface area contributed by atoms with E-state index in [-0.39, 0.29) is 120 Å². The van der Waals surface area contributed by atoms with E-state index in [0.717, 1.165) is 36.6 Å². The fourth-order valence-electron chi connectivity index (χ4n) is 15.5. The van der Waals surface area contributed by atoms with Gasteiger partial charge < -0.3 is 119 Å². The van der Waals surface area contributed by atoms with Crippen LogP contribution in [0, 0.1) is 35.5 Å². The lowest BCUT2D eigenvalue weighted by molar-refractivity contribution is -0.136. The van der Waals surface area contributed by atoms with Crippen molar-refractivity contribution < 1.29 is 76.7 Å². The summed E-state index contributed by atoms with van der Waals surface area (Å²) in [4.78, 5) is 232. The fourth-order valence-corrected chi connectivity index (χ4v) is 15.5. The maximum Gasteiger partial charge on any atom is 0.243 e. The molecule has 3 rings (SSSR count). The third kappa shape index (κ3) is 45.2. The Labute approximate surface area is 799 Å². The summed E-state index contributed by atoms with van der Waals surface area (Å²) in [6, 6.07) is -1.31. The molecular weight excluding hydrogens is 1730 g/mol. The van der Waals surface area contributed by atoms with Gasteiger partial charge in [0.25, 0.3) is 0 Å². The number of carbonyl (C=O) groups is 16. The van der Waals surface area contributed by atoms with Crippen molar-refractivity contribution in [2.45, 2.75) is 355 Å². The summed E-state index contributed by atoms with van der Waals surface area (Å²) < 4.78 is 0. The smallest absolute Gasteiger partial charge is 0.243 e. The predicted octanol–water partition coefficient (Wildman–Crippen LogP) is 2.86. The average molecular weight is 1900 g/mol. The van der Waals surface area contributed by atoms with Gasteiger partial charge in [0, 0.05) is 36.4 Å². The number of para-hydroxylation sites is 1. The molecule has 3 aromatic rings. The summed E-state index contributed by atoms with van der Waals surface area (Å²) in [5.74, 6) is -13.6. The van der Waals surface area contributed by atoms with E-state index in [1.54, 1.807) is 78.1 Å². The Morgan fingerprint density at radius 2 is 0.667 bits per heavy atom. The number of carbonyl (C=O) groups excluding carboxylic acids is 16. The lowest BCUT2D eigenvalue weighted by Gasteiger charge is -2.29. The van der Waals surface area contributed by atoms with E-state index in [9.17, 15) is 57.5 Å². The third-order valence-corrected chi connectivity index (χ3v) is 23.6. The largest absolute Gasteiger partial charge is 0.368 e. The van der Waals surface area contributed by atoms with Gasteiger partial charge in [-0.25, -0.2) is 0 Å². The summed E-state index contributed by atoms with van der Waals surface area (Å²) in [5.41, 5.74) is 37.2. The van der Waals surface area contributed by atoms with Crippen LogP contribution in [0.5, 0.6) is 0 Å². The molecule has 0 bridgehead atoms. The summed E-state index contributed by atoms with van der Waals surface area (Å²) in [6.07, 6.45) is 11.7. The van der Waals surface area contributed by atoms with Crippen LogP contribution in [0.15, 0.2) is 60.8 Å². The Morgan fingerprint density at radius 3 is 1.08 bits per heavy atom. The number of hydrogen-bond donors (Lipinski definition) is 22. The number of primary amides is 1. The van der Waals surface area contributed by atoms with Crippen LogP contribution in [-0.4, -0.2) is 223 Å². The number of benzene rings is 2. The normalized spacial score (nSPS) is 14.8. The number of fused-ring (bicyclic) bond motifs is 1. The number of amides is 16. The number of nitrogens with two attached hydrogens (primary N) is 6. The van der Waals surface area contributed by atoms with Gasteiger partial charge >= 0.3 is 0 Å². The Balaban J connectivity index is 1.91. The number of H-pyrrole nitrogens is 1. The molecule has 0 unspecified atom stereocenters. The molecule has 0 saturated carbocycles. The van der Waals surface area contributed by atoms with E-state index in [4.69, 9.17) is 34.4 Å². The van der Waals surface area contributed by atoms with Crippen molar-refractivity contribution in [1.29, 1.82) is 0 Å². The van der Waals surface area contributed by atoms with E-state index < -0.39 is 197 Å². The predicted molar refractivity (Wildman–Crippen MR) is 522 cm³/mol. The van der Waals surface area contributed by atoms with Gasteiger partial charge in [-0.05, 0) is 214 Å². The average Bonchev–Trinajstić information content (AvgIpc) is 1.69. The molecule has 1 heterocycles. The summed E-state index contributed by atoms with van der Waals surface area (Å²) in [6.45, 7) is 25.3. The first-order valence-electron chi connectivity index (χ1n) is 49.1. The molecule has 0 saturated heterocycles. The van der Waals surface area contributed by atoms with Gasteiger partial charge in [-0.3, -0.25) is 76.7 Å². The van der Waals surface area contributed by atoms with Crippen LogP contribution in [0.4, 0.5) is 0 Å². The number of aromatic amines is 1.